The lowest BCUT2D eigenvalue weighted by molar-refractivity contribution is -0.122. The predicted octanol–water partition coefficient (Wildman–Crippen LogP) is 1.80. The van der Waals surface area contributed by atoms with E-state index in [4.69, 9.17) is 11.6 Å². The van der Waals surface area contributed by atoms with Crippen LogP contribution in [-0.4, -0.2) is 27.3 Å². The molecule has 0 heterocycles. The molecule has 5 nitrogen and oxygen atoms in total. The Morgan fingerprint density at radius 1 is 1.26 bits per heavy atom. The third-order valence-corrected chi connectivity index (χ3v) is 4.74. The van der Waals surface area contributed by atoms with Crippen molar-refractivity contribution in [3.05, 3.63) is 24.3 Å². The van der Waals surface area contributed by atoms with Gasteiger partial charge < -0.3 is 5.32 Å². The average Bonchev–Trinajstić information content (AvgIpc) is 2.39. The molecule has 0 atom stereocenters. The minimum atomic E-state index is -3.46. The summed E-state index contributed by atoms with van der Waals surface area (Å²) in [5.41, 5.74) is -0.157. The van der Waals surface area contributed by atoms with E-state index >= 15 is 0 Å². The van der Waals surface area contributed by atoms with Crippen molar-refractivity contribution in [3.8, 4) is 0 Å². The van der Waals surface area contributed by atoms with E-state index in [1.165, 1.54) is 31.3 Å². The first kappa shape index (κ1) is 15.9. The van der Waals surface area contributed by atoms with Crippen molar-refractivity contribution in [1.82, 2.24) is 4.72 Å². The monoisotopic (exact) mass is 304 g/mol. The molecule has 1 amide bonds. The van der Waals surface area contributed by atoms with Crippen molar-refractivity contribution >= 4 is 33.2 Å². The van der Waals surface area contributed by atoms with Crippen LogP contribution in [0.25, 0.3) is 0 Å². The lowest BCUT2D eigenvalue weighted by atomic mass is 9.95. The molecule has 0 bridgehead atoms. The zero-order valence-corrected chi connectivity index (χ0v) is 12.6. The fraction of sp³-hybridized carbons (Fsp3) is 0.417. The number of hydrogen-bond donors (Lipinski definition) is 2. The van der Waals surface area contributed by atoms with E-state index in [0.717, 1.165) is 0 Å². The number of halogens is 1. The Bertz CT molecular complexity index is 553. The van der Waals surface area contributed by atoms with E-state index < -0.39 is 15.4 Å². The second kappa shape index (κ2) is 5.90. The molecule has 0 aromatic heterocycles. The van der Waals surface area contributed by atoms with Gasteiger partial charge in [0.15, 0.2) is 0 Å². The first-order valence-corrected chi connectivity index (χ1v) is 7.66. The highest BCUT2D eigenvalue weighted by molar-refractivity contribution is 7.89. The summed E-state index contributed by atoms with van der Waals surface area (Å²) >= 11 is 5.71. The Kier molecular flexibility index (Phi) is 4.95. The highest BCUT2D eigenvalue weighted by atomic mass is 35.5. The molecule has 0 aliphatic rings. The van der Waals surface area contributed by atoms with Crippen molar-refractivity contribution in [1.29, 1.82) is 0 Å². The zero-order chi connectivity index (χ0) is 14.7. The highest BCUT2D eigenvalue weighted by Gasteiger charge is 2.26. The second-order valence-electron chi connectivity index (χ2n) is 4.70. The lowest BCUT2D eigenvalue weighted by Gasteiger charge is -2.20. The molecular weight excluding hydrogens is 288 g/mol. The van der Waals surface area contributed by atoms with E-state index in [0.29, 0.717) is 5.69 Å². The third kappa shape index (κ3) is 3.92. The normalized spacial score (nSPS) is 12.2. The van der Waals surface area contributed by atoms with Crippen LogP contribution in [0.3, 0.4) is 0 Å². The Morgan fingerprint density at radius 2 is 1.79 bits per heavy atom. The van der Waals surface area contributed by atoms with Gasteiger partial charge in [0.05, 0.1) is 10.3 Å². The molecule has 1 aromatic carbocycles. The molecule has 19 heavy (non-hydrogen) atoms. The van der Waals surface area contributed by atoms with E-state index in [-0.39, 0.29) is 16.7 Å². The molecular formula is C12H17ClN2O3S. The first-order valence-electron chi connectivity index (χ1n) is 5.64. The summed E-state index contributed by atoms with van der Waals surface area (Å²) in [6.07, 6.45) is 0. The molecule has 0 spiro atoms. The van der Waals surface area contributed by atoms with Crippen LogP contribution in [0.1, 0.15) is 13.8 Å². The van der Waals surface area contributed by atoms with Crippen molar-refractivity contribution < 1.29 is 13.2 Å². The van der Waals surface area contributed by atoms with E-state index in [1.807, 2.05) is 0 Å². The molecule has 1 rings (SSSR count). The average molecular weight is 305 g/mol. The largest absolute Gasteiger partial charge is 0.326 e. The summed E-state index contributed by atoms with van der Waals surface area (Å²) in [5, 5.41) is 2.69. The molecule has 0 unspecified atom stereocenters. The number of carbonyl (C=O) groups is 1. The van der Waals surface area contributed by atoms with E-state index in [2.05, 4.69) is 10.0 Å². The van der Waals surface area contributed by atoms with Crippen LogP contribution in [0.4, 0.5) is 5.69 Å². The first-order chi connectivity index (χ1) is 8.73. The predicted molar refractivity (Wildman–Crippen MR) is 75.8 cm³/mol. The van der Waals surface area contributed by atoms with Crippen LogP contribution in [0.15, 0.2) is 29.2 Å². The number of benzene rings is 1. The minimum absolute atomic E-state index is 0.143. The Labute approximate surface area is 118 Å². The van der Waals surface area contributed by atoms with Crippen LogP contribution >= 0.6 is 11.6 Å². The standard InChI is InChI=1S/C12H17ClN2O3S/c1-12(2,8-13)11(16)15-9-4-6-10(7-5-9)19(17,18)14-3/h4-7,14H,8H2,1-3H3,(H,15,16). The van der Waals surface area contributed by atoms with Gasteiger partial charge in [0.1, 0.15) is 0 Å². The maximum atomic E-state index is 11.9. The Hall–Kier alpha value is -1.11. The van der Waals surface area contributed by atoms with E-state index in [9.17, 15) is 13.2 Å². The summed E-state index contributed by atoms with van der Waals surface area (Å²) in [7, 11) is -2.12. The number of sulfonamides is 1. The van der Waals surface area contributed by atoms with Gasteiger partial charge in [0, 0.05) is 11.6 Å². The molecule has 0 radical (unpaired) electrons. The molecule has 0 aliphatic carbocycles. The van der Waals surface area contributed by atoms with Crippen molar-refractivity contribution in [2.24, 2.45) is 5.41 Å². The molecule has 1 aromatic rings. The molecule has 0 saturated heterocycles. The number of hydrogen-bond acceptors (Lipinski definition) is 3. The summed E-state index contributed by atoms with van der Waals surface area (Å²) < 4.78 is 25.3. The van der Waals surface area contributed by atoms with Gasteiger partial charge in [0.25, 0.3) is 0 Å². The van der Waals surface area contributed by atoms with Gasteiger partial charge in [-0.3, -0.25) is 4.79 Å². The van der Waals surface area contributed by atoms with Gasteiger partial charge in [0.2, 0.25) is 15.9 Å². The van der Waals surface area contributed by atoms with E-state index in [1.54, 1.807) is 13.8 Å². The van der Waals surface area contributed by atoms with Crippen LogP contribution in [0.2, 0.25) is 0 Å². The SMILES string of the molecule is CNS(=O)(=O)c1ccc(NC(=O)C(C)(C)CCl)cc1. The number of amides is 1. The fourth-order valence-electron chi connectivity index (χ4n) is 1.20. The quantitative estimate of drug-likeness (QED) is 0.815. The molecule has 106 valence electrons. The number of carbonyl (C=O) groups excluding carboxylic acids is 1. The van der Waals surface area contributed by atoms with Crippen molar-refractivity contribution in [2.45, 2.75) is 18.7 Å². The van der Waals surface area contributed by atoms with Gasteiger partial charge in [-0.05, 0) is 45.2 Å². The minimum Gasteiger partial charge on any atom is -0.326 e. The molecule has 0 aliphatic heterocycles. The third-order valence-electron chi connectivity index (χ3n) is 2.64. The van der Waals surface area contributed by atoms with Crippen LogP contribution in [0.5, 0.6) is 0 Å². The number of anilines is 1. The Morgan fingerprint density at radius 3 is 2.21 bits per heavy atom. The van der Waals surface area contributed by atoms with Gasteiger partial charge in [-0.15, -0.1) is 11.6 Å². The topological polar surface area (TPSA) is 75.3 Å². The van der Waals surface area contributed by atoms with Crippen LogP contribution in [-0.2, 0) is 14.8 Å². The second-order valence-corrected chi connectivity index (χ2v) is 6.86. The molecule has 0 saturated carbocycles. The smallest absolute Gasteiger partial charge is 0.240 e. The number of alkyl halides is 1. The number of nitrogens with one attached hydrogen (secondary N) is 2. The van der Waals surface area contributed by atoms with Crippen LogP contribution < -0.4 is 10.0 Å². The van der Waals surface area contributed by atoms with Gasteiger partial charge >= 0.3 is 0 Å². The highest BCUT2D eigenvalue weighted by Crippen LogP contribution is 2.21. The Balaban J connectivity index is 2.87. The fourth-order valence-corrected chi connectivity index (χ4v) is 2.05. The summed E-state index contributed by atoms with van der Waals surface area (Å²) in [6.45, 7) is 3.46. The molecule has 2 N–H and O–H groups in total. The lowest BCUT2D eigenvalue weighted by Crippen LogP contribution is -2.32. The van der Waals surface area contributed by atoms with Gasteiger partial charge in [-0.1, -0.05) is 0 Å². The molecule has 0 fully saturated rings. The van der Waals surface area contributed by atoms with Crippen molar-refractivity contribution in [2.75, 3.05) is 18.2 Å². The maximum absolute atomic E-state index is 11.9. The zero-order valence-electron chi connectivity index (χ0n) is 11.0. The van der Waals surface area contributed by atoms with Gasteiger partial charge in [-0.2, -0.15) is 0 Å². The summed E-state index contributed by atoms with van der Waals surface area (Å²) in [6, 6.07) is 5.92. The maximum Gasteiger partial charge on any atom is 0.240 e. The van der Waals surface area contributed by atoms with Crippen LogP contribution in [0, 0.1) is 5.41 Å². The number of rotatable bonds is 5. The van der Waals surface area contributed by atoms with Gasteiger partial charge in [-0.25, -0.2) is 13.1 Å². The summed E-state index contributed by atoms with van der Waals surface area (Å²) in [4.78, 5) is 12.0. The van der Waals surface area contributed by atoms with Crippen molar-refractivity contribution in [3.63, 3.8) is 0 Å². The summed E-state index contributed by atoms with van der Waals surface area (Å²) in [5.74, 6) is -0.0165. The molecule has 7 heteroatoms.